The molecule has 6 heteroatoms. The Hall–Kier alpha value is -2.05. The zero-order valence-corrected chi connectivity index (χ0v) is 15.0. The van der Waals surface area contributed by atoms with Crippen LogP contribution < -0.4 is 0 Å². The van der Waals surface area contributed by atoms with Crippen molar-refractivity contribution in [3.63, 3.8) is 0 Å². The first kappa shape index (κ1) is 18.3. The topological polar surface area (TPSA) is 77.8 Å². The van der Waals surface area contributed by atoms with E-state index in [9.17, 15) is 28.9 Å². The molecule has 0 bridgehead atoms. The number of aliphatic hydroxyl groups excluding tert-OH is 1. The van der Waals surface area contributed by atoms with Crippen molar-refractivity contribution in [3.05, 3.63) is 41.0 Å². The number of aryl methyl sites for hydroxylation is 1. The highest BCUT2D eigenvalue weighted by Crippen LogP contribution is 2.61. The molecule has 3 N–H and O–H groups in total. The number of phenols is 1. The third kappa shape index (κ3) is 2.36. The first-order valence-corrected chi connectivity index (χ1v) is 9.16. The largest absolute Gasteiger partial charge is 0.508 e. The first-order valence-electron chi connectivity index (χ1n) is 9.16. The molecular formula is C21H22F2O4. The second-order valence-electron chi connectivity index (χ2n) is 8.01. The van der Waals surface area contributed by atoms with E-state index in [2.05, 4.69) is 0 Å². The van der Waals surface area contributed by atoms with Crippen molar-refractivity contribution < 1.29 is 28.9 Å². The molecule has 0 aromatic heterocycles. The van der Waals surface area contributed by atoms with Gasteiger partial charge in [-0.05, 0) is 71.7 Å². The molecule has 1 fully saturated rings. The lowest BCUT2D eigenvalue weighted by molar-refractivity contribution is -0.153. The van der Waals surface area contributed by atoms with Crippen LogP contribution in [0.1, 0.15) is 55.2 Å². The van der Waals surface area contributed by atoms with Crippen LogP contribution in [0.4, 0.5) is 8.78 Å². The summed E-state index contributed by atoms with van der Waals surface area (Å²) in [5.41, 5.74) is -0.896. The quantitative estimate of drug-likeness (QED) is 0.765. The van der Waals surface area contributed by atoms with Gasteiger partial charge in [0.1, 0.15) is 18.0 Å². The Morgan fingerprint density at radius 3 is 2.67 bits per heavy atom. The standard InChI is InChI=1S/C21H22F2O4/c1-20-6-4-13-12-3-2-11(25)8-14(12)16(19(22)23)9-15(13)17(20)5-7-21(20,27)18(26)10-24/h2-3,8-9,17,19,24-25,27H,4-7,10H2,1H3/t17-,20-,21-/m0/s1. The van der Waals surface area contributed by atoms with Crippen molar-refractivity contribution in [1.29, 1.82) is 0 Å². The molecular weight excluding hydrogens is 354 g/mol. The molecule has 4 rings (SSSR count). The molecule has 2 aromatic carbocycles. The summed E-state index contributed by atoms with van der Waals surface area (Å²) in [6.45, 7) is 1.09. The molecule has 0 heterocycles. The summed E-state index contributed by atoms with van der Waals surface area (Å²) in [6, 6.07) is 6.01. The number of carbonyl (C=O) groups is 1. The highest BCUT2D eigenvalue weighted by molar-refractivity contribution is 5.93. The van der Waals surface area contributed by atoms with Gasteiger partial charge in [-0.2, -0.15) is 0 Å². The Kier molecular flexibility index (Phi) is 4.05. The molecule has 2 aromatic rings. The second-order valence-corrected chi connectivity index (χ2v) is 8.01. The predicted molar refractivity (Wildman–Crippen MR) is 96.0 cm³/mol. The Balaban J connectivity index is 1.94. The fourth-order valence-corrected chi connectivity index (χ4v) is 5.39. The van der Waals surface area contributed by atoms with Gasteiger partial charge in [-0.25, -0.2) is 8.78 Å². The van der Waals surface area contributed by atoms with Gasteiger partial charge < -0.3 is 15.3 Å². The number of ketones is 1. The van der Waals surface area contributed by atoms with E-state index in [0.717, 1.165) is 11.1 Å². The summed E-state index contributed by atoms with van der Waals surface area (Å²) in [7, 11) is 0. The Morgan fingerprint density at radius 1 is 1.26 bits per heavy atom. The van der Waals surface area contributed by atoms with Crippen LogP contribution in [0.3, 0.4) is 0 Å². The number of halogens is 2. The summed E-state index contributed by atoms with van der Waals surface area (Å²) in [5.74, 6) is -0.901. The third-order valence-corrected chi connectivity index (χ3v) is 6.92. The number of aromatic hydroxyl groups is 1. The van der Waals surface area contributed by atoms with Gasteiger partial charge in [0.2, 0.25) is 0 Å². The summed E-state index contributed by atoms with van der Waals surface area (Å²) < 4.78 is 27.5. The molecule has 2 aliphatic rings. The summed E-state index contributed by atoms with van der Waals surface area (Å²) in [5, 5.41) is 31.2. The average Bonchev–Trinajstić information content (AvgIpc) is 2.92. The van der Waals surface area contributed by atoms with Gasteiger partial charge in [0, 0.05) is 11.0 Å². The van der Waals surface area contributed by atoms with Crippen LogP contribution >= 0.6 is 0 Å². The average molecular weight is 376 g/mol. The number of alkyl halides is 2. The van der Waals surface area contributed by atoms with Gasteiger partial charge in [0.15, 0.2) is 5.78 Å². The van der Waals surface area contributed by atoms with E-state index in [4.69, 9.17) is 0 Å². The maximum Gasteiger partial charge on any atom is 0.264 e. The molecule has 2 aliphatic carbocycles. The highest BCUT2D eigenvalue weighted by atomic mass is 19.3. The lowest BCUT2D eigenvalue weighted by atomic mass is 9.60. The van der Waals surface area contributed by atoms with Crippen LogP contribution in [-0.2, 0) is 11.2 Å². The molecule has 27 heavy (non-hydrogen) atoms. The number of Topliss-reactive ketones (excluding diaryl/α,β-unsaturated/α-hetero) is 1. The Bertz CT molecular complexity index is 941. The molecule has 0 saturated heterocycles. The number of aliphatic hydroxyl groups is 2. The number of hydrogen-bond donors (Lipinski definition) is 3. The zero-order valence-electron chi connectivity index (χ0n) is 15.0. The first-order chi connectivity index (χ1) is 12.7. The van der Waals surface area contributed by atoms with Crippen LogP contribution in [0.2, 0.25) is 0 Å². The van der Waals surface area contributed by atoms with Gasteiger partial charge >= 0.3 is 0 Å². The van der Waals surface area contributed by atoms with E-state index in [0.29, 0.717) is 30.0 Å². The third-order valence-electron chi connectivity index (χ3n) is 6.92. The van der Waals surface area contributed by atoms with Crippen molar-refractivity contribution >= 4 is 16.6 Å². The number of hydrogen-bond acceptors (Lipinski definition) is 4. The van der Waals surface area contributed by atoms with Crippen molar-refractivity contribution in [2.45, 2.75) is 50.6 Å². The molecule has 4 nitrogen and oxygen atoms in total. The van der Waals surface area contributed by atoms with Gasteiger partial charge in [0.25, 0.3) is 6.43 Å². The van der Waals surface area contributed by atoms with Crippen LogP contribution in [0.25, 0.3) is 10.8 Å². The molecule has 1 saturated carbocycles. The van der Waals surface area contributed by atoms with E-state index in [1.54, 1.807) is 6.07 Å². The SMILES string of the molecule is C[C@]12CCc3c(cc(C(F)F)c4cc(O)ccc34)[C@@H]1CC[C@]2(O)C(=O)CO. The number of benzene rings is 2. The maximum atomic E-state index is 13.8. The molecule has 0 spiro atoms. The summed E-state index contributed by atoms with van der Waals surface area (Å²) in [4.78, 5) is 12.3. The lowest BCUT2D eigenvalue weighted by Gasteiger charge is -2.46. The fraction of sp³-hybridized carbons (Fsp3) is 0.476. The van der Waals surface area contributed by atoms with E-state index in [1.165, 1.54) is 18.2 Å². The number of carbonyl (C=O) groups excluding carboxylic acids is 1. The second kappa shape index (κ2) is 5.97. The molecule has 0 radical (unpaired) electrons. The van der Waals surface area contributed by atoms with Crippen molar-refractivity contribution in [3.8, 4) is 5.75 Å². The Labute approximate surface area is 155 Å². The van der Waals surface area contributed by atoms with Gasteiger partial charge in [-0.3, -0.25) is 4.79 Å². The van der Waals surface area contributed by atoms with Gasteiger partial charge in [-0.1, -0.05) is 13.0 Å². The molecule has 3 atom stereocenters. The number of phenolic OH excluding ortho intramolecular Hbond substituents is 1. The molecule has 0 amide bonds. The minimum atomic E-state index is -2.70. The smallest absolute Gasteiger partial charge is 0.264 e. The van der Waals surface area contributed by atoms with Crippen molar-refractivity contribution in [1.82, 2.24) is 0 Å². The fourth-order valence-electron chi connectivity index (χ4n) is 5.39. The van der Waals surface area contributed by atoms with Crippen LogP contribution in [0.15, 0.2) is 24.3 Å². The summed E-state index contributed by atoms with van der Waals surface area (Å²) >= 11 is 0. The predicted octanol–water partition coefficient (Wildman–Crippen LogP) is 3.61. The van der Waals surface area contributed by atoms with E-state index >= 15 is 0 Å². The minimum absolute atomic E-state index is 0.0613. The molecule has 0 unspecified atom stereocenters. The number of fused-ring (bicyclic) bond motifs is 5. The van der Waals surface area contributed by atoms with Crippen LogP contribution in [-0.4, -0.2) is 33.3 Å². The highest BCUT2D eigenvalue weighted by Gasteiger charge is 2.61. The van der Waals surface area contributed by atoms with E-state index in [-0.39, 0.29) is 23.7 Å². The van der Waals surface area contributed by atoms with Gasteiger partial charge in [0.05, 0.1) is 0 Å². The summed E-state index contributed by atoms with van der Waals surface area (Å²) in [6.07, 6.45) is -0.930. The lowest BCUT2D eigenvalue weighted by Crippen LogP contribution is -2.53. The molecule has 0 aliphatic heterocycles. The molecule has 144 valence electrons. The normalized spacial score (nSPS) is 29.8. The van der Waals surface area contributed by atoms with Crippen LogP contribution in [0.5, 0.6) is 5.75 Å². The van der Waals surface area contributed by atoms with Crippen LogP contribution in [0, 0.1) is 5.41 Å². The monoisotopic (exact) mass is 376 g/mol. The van der Waals surface area contributed by atoms with Crippen molar-refractivity contribution in [2.24, 2.45) is 5.41 Å². The van der Waals surface area contributed by atoms with E-state index in [1.807, 2.05) is 6.92 Å². The minimum Gasteiger partial charge on any atom is -0.508 e. The number of rotatable bonds is 3. The van der Waals surface area contributed by atoms with Crippen molar-refractivity contribution in [2.75, 3.05) is 6.61 Å². The zero-order chi connectivity index (χ0) is 19.6. The Morgan fingerprint density at radius 2 is 2.00 bits per heavy atom. The van der Waals surface area contributed by atoms with Gasteiger partial charge in [-0.15, -0.1) is 0 Å². The maximum absolute atomic E-state index is 13.8. The van der Waals surface area contributed by atoms with E-state index < -0.39 is 29.8 Å².